The normalized spacial score (nSPS) is 14.7. The van der Waals surface area contributed by atoms with Gasteiger partial charge in [-0.25, -0.2) is 14.2 Å². The summed E-state index contributed by atoms with van der Waals surface area (Å²) in [4.78, 5) is 31.8. The van der Waals surface area contributed by atoms with Crippen molar-refractivity contribution in [1.29, 1.82) is 0 Å². The second-order valence-corrected chi connectivity index (χ2v) is 11.2. The summed E-state index contributed by atoms with van der Waals surface area (Å²) in [5.41, 5.74) is 2.89. The topological polar surface area (TPSA) is 97.7 Å². The molecule has 4 aromatic carbocycles. The van der Waals surface area contributed by atoms with Gasteiger partial charge >= 0.3 is 5.97 Å². The second-order valence-electron chi connectivity index (χ2n) is 9.77. The van der Waals surface area contributed by atoms with Crippen LogP contribution in [0.1, 0.15) is 34.0 Å². The number of carbonyl (C=O) groups is 2. The molecule has 45 heavy (non-hydrogen) atoms. The molecule has 5 rings (SSSR count). The van der Waals surface area contributed by atoms with Gasteiger partial charge in [-0.1, -0.05) is 35.9 Å². The van der Waals surface area contributed by atoms with Crippen LogP contribution in [-0.2, 0) is 17.9 Å². The number of aromatic carboxylic acids is 1. The fourth-order valence-electron chi connectivity index (χ4n) is 4.40. The molecule has 0 aliphatic carbocycles. The van der Waals surface area contributed by atoms with Gasteiger partial charge in [0, 0.05) is 0 Å². The molecule has 8 nitrogen and oxygen atoms in total. The Bertz CT molecular complexity index is 1760. The molecule has 0 spiro atoms. The zero-order valence-corrected chi connectivity index (χ0v) is 25.9. The molecule has 1 aliphatic rings. The van der Waals surface area contributed by atoms with Crippen LogP contribution < -0.4 is 14.2 Å². The Balaban J connectivity index is 1.45. The van der Waals surface area contributed by atoms with Crippen LogP contribution in [0.2, 0.25) is 5.02 Å². The molecule has 1 saturated heterocycles. The van der Waals surface area contributed by atoms with Crippen LogP contribution in [0.3, 0.4) is 0 Å². The lowest BCUT2D eigenvalue weighted by molar-refractivity contribution is -0.122. The van der Waals surface area contributed by atoms with Crippen molar-refractivity contribution < 1.29 is 33.3 Å². The molecule has 0 radical (unpaired) electrons. The van der Waals surface area contributed by atoms with E-state index in [1.165, 1.54) is 36.0 Å². The van der Waals surface area contributed by atoms with Gasteiger partial charge in [-0.05, 0) is 102 Å². The summed E-state index contributed by atoms with van der Waals surface area (Å²) >= 11 is 7.85. The third-order valence-electron chi connectivity index (χ3n) is 6.65. The predicted octanol–water partition coefficient (Wildman–Crippen LogP) is 7.97. The lowest BCUT2D eigenvalue weighted by atomic mass is 10.1. The van der Waals surface area contributed by atoms with Crippen molar-refractivity contribution in [3.63, 3.8) is 0 Å². The van der Waals surface area contributed by atoms with Crippen molar-refractivity contribution >= 4 is 52.2 Å². The van der Waals surface area contributed by atoms with Crippen LogP contribution in [0.25, 0.3) is 6.08 Å². The molecule has 0 unspecified atom stereocenters. The molecule has 230 valence electrons. The van der Waals surface area contributed by atoms with Crippen molar-refractivity contribution in [2.24, 2.45) is 4.99 Å². The molecule has 11 heteroatoms. The lowest BCUT2D eigenvalue weighted by Gasteiger charge is -2.16. The number of methoxy groups -OCH3 is 1. The summed E-state index contributed by atoms with van der Waals surface area (Å²) in [5.74, 6) is -0.230. The Hall–Kier alpha value is -4.80. The van der Waals surface area contributed by atoms with Gasteiger partial charge in [0.2, 0.25) is 0 Å². The number of benzene rings is 4. The summed E-state index contributed by atoms with van der Waals surface area (Å²) in [5, 5.41) is 10.00. The number of hydrogen-bond acceptors (Lipinski definition) is 7. The predicted molar refractivity (Wildman–Crippen MR) is 173 cm³/mol. The van der Waals surface area contributed by atoms with Gasteiger partial charge in [-0.15, -0.1) is 0 Å². The van der Waals surface area contributed by atoms with Gasteiger partial charge in [-0.3, -0.25) is 9.69 Å². The van der Waals surface area contributed by atoms with Crippen LogP contribution in [0.15, 0.2) is 94.8 Å². The third kappa shape index (κ3) is 7.84. The zero-order chi connectivity index (χ0) is 31.9. The van der Waals surface area contributed by atoms with Crippen molar-refractivity contribution in [1.82, 2.24) is 4.90 Å². The fraction of sp³-hybridized carbons (Fsp3) is 0.147. The maximum Gasteiger partial charge on any atom is 0.335 e. The Morgan fingerprint density at radius 1 is 1.00 bits per heavy atom. The van der Waals surface area contributed by atoms with Crippen LogP contribution in [0.4, 0.5) is 10.1 Å². The Morgan fingerprint density at radius 2 is 1.69 bits per heavy atom. The SMILES string of the molecule is CCOc1cc(/C=C2\SC(=Nc3ccc(OC)cc3)N(Cc3ccc(C(=O)O)cc3)C2=O)cc(Cl)c1OCc1ccc(F)cc1. The molecule has 1 heterocycles. The standard InChI is InChI=1S/C34H28ClFN2O6S/c1-3-43-29-17-23(16-28(35)31(29)44-20-22-6-10-25(36)11-7-22)18-30-32(39)38(19-21-4-8-24(9-5-21)33(40)41)34(45-30)37-26-12-14-27(42-2)15-13-26/h4-18H,3,19-20H2,1-2H3,(H,40,41)/b30-18-,37-34?. The first kappa shape index (κ1) is 31.6. The number of nitrogens with zero attached hydrogens (tertiary/aromatic N) is 2. The van der Waals surface area contributed by atoms with Crippen molar-refractivity contribution in [2.45, 2.75) is 20.1 Å². The van der Waals surface area contributed by atoms with Gasteiger partial charge < -0.3 is 19.3 Å². The summed E-state index contributed by atoms with van der Waals surface area (Å²) in [7, 11) is 1.58. The number of rotatable bonds is 11. The first-order valence-corrected chi connectivity index (χ1v) is 15.0. The Morgan fingerprint density at radius 3 is 2.33 bits per heavy atom. The number of carbonyl (C=O) groups excluding carboxylic acids is 1. The van der Waals surface area contributed by atoms with E-state index in [1.54, 1.807) is 78.7 Å². The summed E-state index contributed by atoms with van der Waals surface area (Å²) in [6.07, 6.45) is 1.71. The number of aliphatic imine (C=N–C) groups is 1. The highest BCUT2D eigenvalue weighted by Crippen LogP contribution is 2.40. The molecular formula is C34H28ClFN2O6S. The highest BCUT2D eigenvalue weighted by molar-refractivity contribution is 8.18. The van der Waals surface area contributed by atoms with Crippen molar-refractivity contribution in [3.05, 3.63) is 123 Å². The van der Waals surface area contributed by atoms with Gasteiger partial charge in [-0.2, -0.15) is 0 Å². The molecule has 0 saturated carbocycles. The molecule has 0 aromatic heterocycles. The first-order valence-electron chi connectivity index (χ1n) is 13.8. The summed E-state index contributed by atoms with van der Waals surface area (Å²) in [6.45, 7) is 2.52. The van der Waals surface area contributed by atoms with Crippen LogP contribution in [-0.4, -0.2) is 40.8 Å². The van der Waals surface area contributed by atoms with E-state index in [-0.39, 0.29) is 35.5 Å². The molecule has 1 aliphatic heterocycles. The summed E-state index contributed by atoms with van der Waals surface area (Å²) < 4.78 is 30.3. The lowest BCUT2D eigenvalue weighted by Crippen LogP contribution is -2.28. The molecule has 1 N–H and O–H groups in total. The van der Waals surface area contributed by atoms with Crippen molar-refractivity contribution in [3.8, 4) is 17.2 Å². The van der Waals surface area contributed by atoms with E-state index >= 15 is 0 Å². The molecule has 1 amide bonds. The number of halogens is 2. The van der Waals surface area contributed by atoms with Gasteiger partial charge in [0.1, 0.15) is 18.2 Å². The number of thioether (sulfide) groups is 1. The average molecular weight is 647 g/mol. The Kier molecular flexibility index (Phi) is 10.1. The Labute approximate surface area is 268 Å². The smallest absolute Gasteiger partial charge is 0.335 e. The number of ether oxygens (including phenoxy) is 3. The van der Waals surface area contributed by atoms with E-state index in [0.717, 1.165) is 11.1 Å². The van der Waals surface area contributed by atoms with E-state index in [2.05, 4.69) is 0 Å². The second kappa shape index (κ2) is 14.3. The van der Waals surface area contributed by atoms with Gasteiger partial charge in [0.25, 0.3) is 5.91 Å². The average Bonchev–Trinajstić information content (AvgIpc) is 3.31. The van der Waals surface area contributed by atoms with Gasteiger partial charge in [0.15, 0.2) is 16.7 Å². The van der Waals surface area contributed by atoms with Crippen LogP contribution >= 0.6 is 23.4 Å². The first-order chi connectivity index (χ1) is 21.7. The van der Waals surface area contributed by atoms with E-state index in [9.17, 15) is 19.1 Å². The molecule has 4 aromatic rings. The van der Waals surface area contributed by atoms with Crippen LogP contribution in [0.5, 0.6) is 17.2 Å². The number of amides is 1. The maximum absolute atomic E-state index is 13.8. The van der Waals surface area contributed by atoms with Gasteiger partial charge in [0.05, 0.1) is 41.4 Å². The number of carboxylic acids is 1. The summed E-state index contributed by atoms with van der Waals surface area (Å²) in [6, 6.07) is 22.9. The van der Waals surface area contributed by atoms with Crippen molar-refractivity contribution in [2.75, 3.05) is 13.7 Å². The highest BCUT2D eigenvalue weighted by atomic mass is 35.5. The maximum atomic E-state index is 13.8. The minimum absolute atomic E-state index is 0.153. The minimum atomic E-state index is -1.03. The molecule has 1 fully saturated rings. The molecule has 0 bridgehead atoms. The molecule has 0 atom stereocenters. The van der Waals surface area contributed by atoms with E-state index < -0.39 is 5.97 Å². The molecular weight excluding hydrogens is 619 g/mol. The number of carboxylic acid groups (broad SMARTS) is 1. The quantitative estimate of drug-likeness (QED) is 0.165. The highest BCUT2D eigenvalue weighted by Gasteiger charge is 2.34. The van der Waals surface area contributed by atoms with E-state index in [0.29, 0.717) is 45.2 Å². The fourth-order valence-corrected chi connectivity index (χ4v) is 5.67. The van der Waals surface area contributed by atoms with Crippen LogP contribution in [0, 0.1) is 5.82 Å². The number of hydrogen-bond donors (Lipinski definition) is 1. The van der Waals surface area contributed by atoms with E-state index in [4.69, 9.17) is 30.8 Å². The van der Waals surface area contributed by atoms with E-state index in [1.807, 2.05) is 6.92 Å². The third-order valence-corrected chi connectivity index (χ3v) is 7.94. The number of amidine groups is 1. The monoisotopic (exact) mass is 646 g/mol. The largest absolute Gasteiger partial charge is 0.497 e. The zero-order valence-electron chi connectivity index (χ0n) is 24.3. The minimum Gasteiger partial charge on any atom is -0.497 e.